The summed E-state index contributed by atoms with van der Waals surface area (Å²) in [6.07, 6.45) is 3.38. The number of hydrogen-bond acceptors (Lipinski definition) is 2. The Morgan fingerprint density at radius 3 is 2.48 bits per heavy atom. The normalized spacial score (nSPS) is 10.6. The highest BCUT2D eigenvalue weighted by molar-refractivity contribution is 6.31. The van der Waals surface area contributed by atoms with E-state index < -0.39 is 0 Å². The van der Waals surface area contributed by atoms with E-state index in [9.17, 15) is 0 Å². The first-order valence-corrected chi connectivity index (χ1v) is 7.13. The molecule has 0 saturated carbocycles. The Labute approximate surface area is 132 Å². The van der Waals surface area contributed by atoms with E-state index in [2.05, 4.69) is 9.97 Å². The maximum absolute atomic E-state index is 6.06. The number of nitrogens with zero attached hydrogens (tertiary/aromatic N) is 1. The summed E-state index contributed by atoms with van der Waals surface area (Å²) in [4.78, 5) is 7.10. The number of nitrogens with one attached hydrogen (secondary N) is 1. The smallest absolute Gasteiger partial charge is 0.130 e. The quantitative estimate of drug-likeness (QED) is 0.738. The zero-order valence-corrected chi connectivity index (χ0v) is 12.5. The largest absolute Gasteiger partial charge is 0.488 e. The van der Waals surface area contributed by atoms with E-state index in [0.717, 1.165) is 16.8 Å². The van der Waals surface area contributed by atoms with Crippen molar-refractivity contribution in [2.24, 2.45) is 0 Å². The number of hydrogen-bond donors (Lipinski definition) is 1. The zero-order chi connectivity index (χ0) is 14.7. The van der Waals surface area contributed by atoms with Crippen LogP contribution in [-0.4, -0.2) is 9.97 Å². The topological polar surface area (TPSA) is 37.9 Å². The summed E-state index contributed by atoms with van der Waals surface area (Å²) in [6.45, 7) is 0.443. The van der Waals surface area contributed by atoms with Crippen LogP contribution in [0.1, 0.15) is 5.56 Å². The molecular weight excluding hydrogens is 307 g/mol. The van der Waals surface area contributed by atoms with Gasteiger partial charge in [0.1, 0.15) is 12.4 Å². The van der Waals surface area contributed by atoms with Crippen LogP contribution >= 0.6 is 23.2 Å². The van der Waals surface area contributed by atoms with Gasteiger partial charge in [-0.1, -0.05) is 35.3 Å². The maximum atomic E-state index is 6.06. The molecule has 21 heavy (non-hydrogen) atoms. The van der Waals surface area contributed by atoms with E-state index in [1.165, 1.54) is 0 Å². The second-order valence-electron chi connectivity index (χ2n) is 4.52. The second kappa shape index (κ2) is 6.20. The first-order valence-electron chi connectivity index (χ1n) is 6.38. The van der Waals surface area contributed by atoms with Crippen LogP contribution in [0.4, 0.5) is 0 Å². The van der Waals surface area contributed by atoms with E-state index in [1.807, 2.05) is 36.4 Å². The minimum atomic E-state index is 0.443. The molecule has 0 unspecified atom stereocenters. The molecule has 1 N–H and O–H groups in total. The zero-order valence-electron chi connectivity index (χ0n) is 11.0. The molecule has 1 aromatic heterocycles. The number of H-pyrrole nitrogens is 1. The predicted molar refractivity (Wildman–Crippen MR) is 84.8 cm³/mol. The van der Waals surface area contributed by atoms with Gasteiger partial charge in [-0.05, 0) is 35.9 Å². The molecular formula is C16H12Cl2N2O. The van der Waals surface area contributed by atoms with Crippen molar-refractivity contribution in [1.29, 1.82) is 0 Å². The summed E-state index contributed by atoms with van der Waals surface area (Å²) in [7, 11) is 0. The van der Waals surface area contributed by atoms with Crippen molar-refractivity contribution in [3.63, 3.8) is 0 Å². The van der Waals surface area contributed by atoms with E-state index in [0.29, 0.717) is 22.4 Å². The van der Waals surface area contributed by atoms with Crippen LogP contribution in [0.5, 0.6) is 5.75 Å². The van der Waals surface area contributed by atoms with Gasteiger partial charge in [0, 0.05) is 15.6 Å². The second-order valence-corrected chi connectivity index (χ2v) is 5.39. The summed E-state index contributed by atoms with van der Waals surface area (Å²) in [5.74, 6) is 0.710. The van der Waals surface area contributed by atoms with Crippen LogP contribution < -0.4 is 4.74 Å². The van der Waals surface area contributed by atoms with Gasteiger partial charge in [0.2, 0.25) is 0 Å². The number of aromatic nitrogens is 2. The van der Waals surface area contributed by atoms with E-state index in [4.69, 9.17) is 27.9 Å². The van der Waals surface area contributed by atoms with Crippen molar-refractivity contribution in [2.45, 2.75) is 6.61 Å². The lowest BCUT2D eigenvalue weighted by Crippen LogP contribution is -1.97. The fourth-order valence-corrected chi connectivity index (χ4v) is 2.27. The fraction of sp³-hybridized carbons (Fsp3) is 0.0625. The van der Waals surface area contributed by atoms with Gasteiger partial charge in [-0.2, -0.15) is 0 Å². The molecule has 3 aromatic rings. The van der Waals surface area contributed by atoms with E-state index >= 15 is 0 Å². The van der Waals surface area contributed by atoms with Gasteiger partial charge in [-0.25, -0.2) is 4.98 Å². The highest BCUT2D eigenvalue weighted by Crippen LogP contribution is 2.31. The number of benzene rings is 2. The molecule has 0 amide bonds. The Morgan fingerprint density at radius 2 is 1.76 bits per heavy atom. The molecule has 3 rings (SSSR count). The van der Waals surface area contributed by atoms with Crippen LogP contribution in [0.3, 0.4) is 0 Å². The average molecular weight is 319 g/mol. The molecule has 0 aliphatic heterocycles. The lowest BCUT2D eigenvalue weighted by molar-refractivity contribution is 0.307. The van der Waals surface area contributed by atoms with Gasteiger partial charge in [-0.15, -0.1) is 0 Å². The predicted octanol–water partition coefficient (Wildman–Crippen LogP) is 4.96. The number of aromatic amines is 1. The Kier molecular flexibility index (Phi) is 4.13. The molecule has 0 aliphatic rings. The van der Waals surface area contributed by atoms with Crippen molar-refractivity contribution in [2.75, 3.05) is 0 Å². The Bertz CT molecular complexity index is 725. The van der Waals surface area contributed by atoms with Crippen LogP contribution in [-0.2, 0) is 6.61 Å². The van der Waals surface area contributed by atoms with Crippen molar-refractivity contribution >= 4 is 23.2 Å². The molecule has 3 nitrogen and oxygen atoms in total. The molecule has 0 fully saturated rings. The monoisotopic (exact) mass is 318 g/mol. The third-order valence-electron chi connectivity index (χ3n) is 3.04. The van der Waals surface area contributed by atoms with Crippen molar-refractivity contribution < 1.29 is 4.74 Å². The van der Waals surface area contributed by atoms with Gasteiger partial charge >= 0.3 is 0 Å². The summed E-state index contributed by atoms with van der Waals surface area (Å²) in [5.41, 5.74) is 2.85. The van der Waals surface area contributed by atoms with Crippen LogP contribution in [0.15, 0.2) is 55.0 Å². The third-order valence-corrected chi connectivity index (χ3v) is 3.53. The molecule has 0 atom stereocenters. The molecule has 1 heterocycles. The minimum Gasteiger partial charge on any atom is -0.488 e. The van der Waals surface area contributed by atoms with Gasteiger partial charge in [-0.3, -0.25) is 0 Å². The van der Waals surface area contributed by atoms with Gasteiger partial charge in [0.25, 0.3) is 0 Å². The molecule has 0 aliphatic carbocycles. The van der Waals surface area contributed by atoms with Crippen LogP contribution in [0.25, 0.3) is 11.3 Å². The van der Waals surface area contributed by atoms with Crippen LogP contribution in [0.2, 0.25) is 10.0 Å². The number of ether oxygens (including phenoxy) is 1. The van der Waals surface area contributed by atoms with Gasteiger partial charge < -0.3 is 9.72 Å². The molecule has 106 valence electrons. The van der Waals surface area contributed by atoms with Crippen molar-refractivity contribution in [1.82, 2.24) is 9.97 Å². The highest BCUT2D eigenvalue weighted by atomic mass is 35.5. The Morgan fingerprint density at radius 1 is 1.00 bits per heavy atom. The van der Waals surface area contributed by atoms with Gasteiger partial charge in [0.15, 0.2) is 0 Å². The maximum Gasteiger partial charge on any atom is 0.130 e. The molecule has 0 radical (unpaired) electrons. The Hall–Kier alpha value is -1.97. The summed E-state index contributed by atoms with van der Waals surface area (Å²) in [6, 6.07) is 13.1. The Balaban J connectivity index is 1.84. The SMILES string of the molecule is Clc1ccc(COc2cc(Cl)ccc2-c2cnc[nH]2)cc1. The number of halogens is 2. The molecule has 0 bridgehead atoms. The highest BCUT2D eigenvalue weighted by Gasteiger charge is 2.09. The fourth-order valence-electron chi connectivity index (χ4n) is 1.98. The summed E-state index contributed by atoms with van der Waals surface area (Å²) in [5, 5.41) is 1.34. The first kappa shape index (κ1) is 14.0. The first-order chi connectivity index (χ1) is 10.2. The van der Waals surface area contributed by atoms with E-state index in [-0.39, 0.29) is 0 Å². The summed E-state index contributed by atoms with van der Waals surface area (Å²) >= 11 is 11.9. The molecule has 0 spiro atoms. The third kappa shape index (κ3) is 3.38. The molecule has 2 aromatic carbocycles. The number of imidazole rings is 1. The lowest BCUT2D eigenvalue weighted by atomic mass is 10.1. The van der Waals surface area contributed by atoms with Gasteiger partial charge in [0.05, 0.1) is 18.2 Å². The average Bonchev–Trinajstić information content (AvgIpc) is 3.01. The molecule has 0 saturated heterocycles. The van der Waals surface area contributed by atoms with Crippen molar-refractivity contribution in [3.8, 4) is 17.0 Å². The summed E-state index contributed by atoms with van der Waals surface area (Å²) < 4.78 is 5.89. The van der Waals surface area contributed by atoms with Crippen LogP contribution in [0, 0.1) is 0 Å². The van der Waals surface area contributed by atoms with E-state index in [1.54, 1.807) is 18.6 Å². The molecule has 5 heteroatoms. The van der Waals surface area contributed by atoms with Crippen molar-refractivity contribution in [3.05, 3.63) is 70.6 Å². The number of rotatable bonds is 4. The lowest BCUT2D eigenvalue weighted by Gasteiger charge is -2.11. The minimum absolute atomic E-state index is 0.443. The standard InChI is InChI=1S/C16H12Cl2N2O/c17-12-3-1-11(2-4-12)9-21-16-7-13(18)5-6-14(16)15-8-19-10-20-15/h1-8,10H,9H2,(H,19,20).